The average molecular weight is 341 g/mol. The lowest BCUT2D eigenvalue weighted by molar-refractivity contribution is -0.113. The second-order valence-electron chi connectivity index (χ2n) is 5.13. The van der Waals surface area contributed by atoms with Crippen molar-refractivity contribution in [1.29, 1.82) is 0 Å². The molecule has 2 aromatic rings. The number of carbonyl (C=O) groups is 2. The lowest BCUT2D eigenvalue weighted by atomic mass is 10.1. The smallest absolute Gasteiger partial charge is 0.268 e. The maximum Gasteiger partial charge on any atom is 0.298 e. The predicted octanol–water partition coefficient (Wildman–Crippen LogP) is 4.96. The van der Waals surface area contributed by atoms with Gasteiger partial charge in [-0.3, -0.25) is 9.59 Å². The topological polar surface area (TPSA) is 37.4 Å². The van der Waals surface area contributed by atoms with Gasteiger partial charge in [0.2, 0.25) is 0 Å². The van der Waals surface area contributed by atoms with Crippen LogP contribution in [0, 0.1) is 6.92 Å². The molecule has 0 spiro atoms. The van der Waals surface area contributed by atoms with Crippen LogP contribution in [0.25, 0.3) is 6.08 Å². The van der Waals surface area contributed by atoms with Crippen LogP contribution in [0.3, 0.4) is 0 Å². The molecule has 0 radical (unpaired) electrons. The first-order chi connectivity index (χ1) is 11.1. The third-order valence-corrected chi connectivity index (χ3v) is 5.08. The van der Waals surface area contributed by atoms with Gasteiger partial charge >= 0.3 is 0 Å². The fourth-order valence-electron chi connectivity index (χ4n) is 2.25. The molecule has 1 saturated heterocycles. The maximum absolute atomic E-state index is 12.6. The molecule has 1 aliphatic heterocycles. The molecule has 2 amide bonds. The summed E-state index contributed by atoms with van der Waals surface area (Å²) in [5.74, 6) is -0.265. The Kier molecular flexibility index (Phi) is 4.59. The molecule has 5 heteroatoms. The zero-order valence-electron chi connectivity index (χ0n) is 12.8. The van der Waals surface area contributed by atoms with Gasteiger partial charge in [0.25, 0.3) is 11.1 Å². The zero-order chi connectivity index (χ0) is 16.4. The average Bonchev–Trinajstić information content (AvgIpc) is 2.83. The molecule has 3 nitrogen and oxygen atoms in total. The van der Waals surface area contributed by atoms with Crippen LogP contribution in [0.2, 0.25) is 0 Å². The molecule has 1 fully saturated rings. The minimum atomic E-state index is -0.265. The number of anilines is 1. The first-order valence-corrected chi connectivity index (χ1v) is 9.11. The second kappa shape index (κ2) is 6.64. The number of aryl methyl sites for hydroxylation is 1. The van der Waals surface area contributed by atoms with Crippen LogP contribution < -0.4 is 4.90 Å². The normalized spacial score (nSPS) is 16.4. The van der Waals surface area contributed by atoms with Gasteiger partial charge in [0.15, 0.2) is 0 Å². The van der Waals surface area contributed by atoms with Crippen LogP contribution in [0.1, 0.15) is 11.1 Å². The van der Waals surface area contributed by atoms with E-state index in [0.717, 1.165) is 27.8 Å². The summed E-state index contributed by atoms with van der Waals surface area (Å²) in [5, 5.41) is -0.258. The van der Waals surface area contributed by atoms with Crippen molar-refractivity contribution in [2.75, 3.05) is 11.2 Å². The third kappa shape index (κ3) is 3.35. The summed E-state index contributed by atoms with van der Waals surface area (Å²) in [7, 11) is 0. The number of hydrogen-bond donors (Lipinski definition) is 0. The number of imide groups is 1. The van der Waals surface area contributed by atoms with Gasteiger partial charge in [-0.25, -0.2) is 4.90 Å². The van der Waals surface area contributed by atoms with E-state index in [1.807, 2.05) is 55.6 Å². The van der Waals surface area contributed by atoms with Crippen molar-refractivity contribution in [1.82, 2.24) is 0 Å². The van der Waals surface area contributed by atoms with Gasteiger partial charge in [-0.05, 0) is 54.8 Å². The lowest BCUT2D eigenvalue weighted by Gasteiger charge is -2.13. The molecule has 0 saturated carbocycles. The summed E-state index contributed by atoms with van der Waals surface area (Å²) in [4.78, 5) is 27.6. The largest absolute Gasteiger partial charge is 0.298 e. The van der Waals surface area contributed by atoms with Crippen molar-refractivity contribution in [3.63, 3.8) is 0 Å². The molecule has 116 valence electrons. The Hall–Kier alpha value is -1.98. The van der Waals surface area contributed by atoms with Crippen LogP contribution in [0.5, 0.6) is 0 Å². The van der Waals surface area contributed by atoms with E-state index < -0.39 is 0 Å². The molecule has 0 aromatic heterocycles. The first-order valence-electron chi connectivity index (χ1n) is 7.07. The molecule has 0 aliphatic carbocycles. The molecule has 0 atom stereocenters. The van der Waals surface area contributed by atoms with E-state index in [4.69, 9.17) is 0 Å². The lowest BCUT2D eigenvalue weighted by Crippen LogP contribution is -2.27. The number of benzene rings is 2. The Balaban J connectivity index is 1.91. The summed E-state index contributed by atoms with van der Waals surface area (Å²) < 4.78 is 0. The number of carbonyl (C=O) groups excluding carboxylic acids is 2. The summed E-state index contributed by atoms with van der Waals surface area (Å²) >= 11 is 2.56. The Bertz CT molecular complexity index is 797. The quantitative estimate of drug-likeness (QED) is 0.584. The number of nitrogens with zero attached hydrogens (tertiary/aromatic N) is 1. The monoisotopic (exact) mass is 341 g/mol. The number of thioether (sulfide) groups is 2. The Labute approximate surface area is 143 Å². The summed E-state index contributed by atoms with van der Waals surface area (Å²) in [6, 6.07) is 15.3. The predicted molar refractivity (Wildman–Crippen MR) is 97.9 cm³/mol. The molecule has 3 rings (SSSR count). The van der Waals surface area contributed by atoms with Crippen molar-refractivity contribution in [2.24, 2.45) is 0 Å². The van der Waals surface area contributed by atoms with Crippen LogP contribution in [-0.4, -0.2) is 17.4 Å². The second-order valence-corrected chi connectivity index (χ2v) is 7.00. The van der Waals surface area contributed by atoms with Gasteiger partial charge in [-0.15, -0.1) is 11.8 Å². The fraction of sp³-hybridized carbons (Fsp3) is 0.111. The number of amides is 2. The van der Waals surface area contributed by atoms with E-state index in [1.54, 1.807) is 23.9 Å². The van der Waals surface area contributed by atoms with Crippen LogP contribution in [0.4, 0.5) is 10.5 Å². The van der Waals surface area contributed by atoms with Gasteiger partial charge in [0, 0.05) is 4.90 Å². The molecule has 0 N–H and O–H groups in total. The highest BCUT2D eigenvalue weighted by Crippen LogP contribution is 2.36. The summed E-state index contributed by atoms with van der Waals surface area (Å²) in [6.45, 7) is 2.01. The number of hydrogen-bond acceptors (Lipinski definition) is 4. The van der Waals surface area contributed by atoms with Gasteiger partial charge in [0.1, 0.15) is 0 Å². The van der Waals surface area contributed by atoms with E-state index >= 15 is 0 Å². The summed E-state index contributed by atoms with van der Waals surface area (Å²) in [5.41, 5.74) is 2.69. The molecule has 23 heavy (non-hydrogen) atoms. The van der Waals surface area contributed by atoms with Crippen molar-refractivity contribution in [3.05, 3.63) is 64.6 Å². The standard InChI is InChI=1S/C18H15NO2S2/c1-12-6-8-13(9-7-12)10-16-17(20)19(18(21)23-16)14-4-3-5-15(11-14)22-2/h3-11H,1-2H3/b16-10+. The highest BCUT2D eigenvalue weighted by molar-refractivity contribution is 8.19. The number of rotatable bonds is 3. The highest BCUT2D eigenvalue weighted by atomic mass is 32.2. The Morgan fingerprint density at radius 1 is 1.09 bits per heavy atom. The molecule has 1 heterocycles. The zero-order valence-corrected chi connectivity index (χ0v) is 14.4. The minimum absolute atomic E-state index is 0.258. The molecule has 0 unspecified atom stereocenters. The van der Waals surface area contributed by atoms with Crippen LogP contribution in [0.15, 0.2) is 58.3 Å². The van der Waals surface area contributed by atoms with Gasteiger partial charge < -0.3 is 0 Å². The fourth-order valence-corrected chi connectivity index (χ4v) is 3.55. The Morgan fingerprint density at radius 3 is 2.52 bits per heavy atom. The molecule has 0 bridgehead atoms. The first kappa shape index (κ1) is 15.9. The Morgan fingerprint density at radius 2 is 1.83 bits per heavy atom. The van der Waals surface area contributed by atoms with E-state index in [-0.39, 0.29) is 11.1 Å². The van der Waals surface area contributed by atoms with E-state index in [2.05, 4.69) is 0 Å². The minimum Gasteiger partial charge on any atom is -0.268 e. The van der Waals surface area contributed by atoms with Crippen LogP contribution in [-0.2, 0) is 4.79 Å². The SMILES string of the molecule is CSc1cccc(N2C(=O)S/C(=C/c3ccc(C)cc3)C2=O)c1. The van der Waals surface area contributed by atoms with E-state index in [0.29, 0.717) is 10.6 Å². The van der Waals surface area contributed by atoms with Gasteiger partial charge in [-0.2, -0.15) is 0 Å². The van der Waals surface area contributed by atoms with Crippen LogP contribution >= 0.6 is 23.5 Å². The van der Waals surface area contributed by atoms with Crippen molar-refractivity contribution in [3.8, 4) is 0 Å². The van der Waals surface area contributed by atoms with E-state index in [1.165, 1.54) is 4.90 Å². The molecular weight excluding hydrogens is 326 g/mol. The van der Waals surface area contributed by atoms with Gasteiger partial charge in [0.05, 0.1) is 10.6 Å². The summed E-state index contributed by atoms with van der Waals surface area (Å²) in [6.07, 6.45) is 3.73. The van der Waals surface area contributed by atoms with Crippen molar-refractivity contribution < 1.29 is 9.59 Å². The third-order valence-electron chi connectivity index (χ3n) is 3.48. The molecular formula is C18H15NO2S2. The van der Waals surface area contributed by atoms with Gasteiger partial charge in [-0.1, -0.05) is 35.9 Å². The highest BCUT2D eigenvalue weighted by Gasteiger charge is 2.36. The van der Waals surface area contributed by atoms with Crippen molar-refractivity contribution >= 4 is 46.4 Å². The molecule has 1 aliphatic rings. The van der Waals surface area contributed by atoms with E-state index in [9.17, 15) is 9.59 Å². The maximum atomic E-state index is 12.6. The molecule has 2 aromatic carbocycles. The van der Waals surface area contributed by atoms with Crippen molar-refractivity contribution in [2.45, 2.75) is 11.8 Å².